The standard InChI is InChI=1S/C28H39N3O2.C16H15ClO2.C12H25N3/c1-22-18-25(19-23(2)26(22)33-20-24-10-6-4-7-11-24)27(32)29-21-28(12-8-5-9-13-28)31-16-14-30(3)15-17-31;1-11-8-14(16(17)18)9-12(2)15(11)19-10-13-6-4-3-5-7-13;1-14-7-9-15(10-8-14)12(11-13)5-3-2-4-6-12/h4,6-7,10-11,18-19H,5,8-9,12-17,20-21H2,1-3H3,(H,29,32);3-9H,10H2,1-2H3;2-11,13H2,1H3. The minimum Gasteiger partial charge on any atom is -0.488 e. The molecule has 3 N–H and O–H groups in total. The second-order valence-electron chi connectivity index (χ2n) is 19.7. The van der Waals surface area contributed by atoms with Gasteiger partial charge >= 0.3 is 0 Å². The molecule has 2 heterocycles. The molecule has 2 aliphatic carbocycles. The van der Waals surface area contributed by atoms with Crippen LogP contribution in [-0.2, 0) is 13.2 Å². The van der Waals surface area contributed by atoms with Crippen molar-refractivity contribution in [1.29, 1.82) is 0 Å². The largest absolute Gasteiger partial charge is 0.488 e. The minimum atomic E-state index is -0.444. The number of piperazine rings is 2. The van der Waals surface area contributed by atoms with E-state index in [-0.39, 0.29) is 11.4 Å². The lowest BCUT2D eigenvalue weighted by atomic mass is 9.79. The van der Waals surface area contributed by atoms with Crippen molar-refractivity contribution < 1.29 is 19.1 Å². The summed E-state index contributed by atoms with van der Waals surface area (Å²) in [6, 6.07) is 27.6. The van der Waals surface area contributed by atoms with Crippen LogP contribution in [0.15, 0.2) is 84.9 Å². The summed E-state index contributed by atoms with van der Waals surface area (Å²) in [7, 11) is 4.41. The molecule has 67 heavy (non-hydrogen) atoms. The van der Waals surface area contributed by atoms with Crippen LogP contribution in [0.4, 0.5) is 0 Å². The van der Waals surface area contributed by atoms with E-state index in [1.165, 1.54) is 90.4 Å². The van der Waals surface area contributed by atoms with Crippen molar-refractivity contribution in [3.63, 3.8) is 0 Å². The van der Waals surface area contributed by atoms with E-state index in [9.17, 15) is 9.59 Å². The minimum absolute atomic E-state index is 0.0230. The molecule has 4 aliphatic rings. The Bertz CT molecular complexity index is 2110. The van der Waals surface area contributed by atoms with Crippen LogP contribution in [-0.4, -0.2) is 121 Å². The maximum atomic E-state index is 13.2. The molecule has 4 aromatic carbocycles. The molecule has 0 atom stereocenters. The molecule has 0 spiro atoms. The van der Waals surface area contributed by atoms with E-state index in [2.05, 4.69) is 51.1 Å². The second kappa shape index (κ2) is 25.4. The maximum Gasteiger partial charge on any atom is 0.252 e. The van der Waals surface area contributed by atoms with Gasteiger partial charge in [-0.05, 0) is 137 Å². The molecule has 8 rings (SSSR count). The average molecular weight is 936 g/mol. The van der Waals surface area contributed by atoms with Crippen molar-refractivity contribution in [2.24, 2.45) is 5.73 Å². The Labute approximate surface area is 407 Å². The number of amides is 1. The number of nitrogens with zero attached hydrogens (tertiary/aromatic N) is 4. The molecule has 0 radical (unpaired) electrons. The summed E-state index contributed by atoms with van der Waals surface area (Å²) in [5.74, 6) is 1.71. The van der Waals surface area contributed by atoms with E-state index < -0.39 is 5.24 Å². The molecule has 2 aliphatic heterocycles. The van der Waals surface area contributed by atoms with E-state index in [0.717, 1.165) is 89.7 Å². The molecule has 1 amide bonds. The number of ether oxygens (including phenoxy) is 2. The van der Waals surface area contributed by atoms with Gasteiger partial charge in [0.15, 0.2) is 0 Å². The Balaban J connectivity index is 0.000000183. The van der Waals surface area contributed by atoms with Crippen LogP contribution in [0, 0.1) is 27.7 Å². The van der Waals surface area contributed by atoms with Crippen LogP contribution in [0.2, 0.25) is 0 Å². The van der Waals surface area contributed by atoms with Crippen LogP contribution in [0.5, 0.6) is 11.5 Å². The lowest BCUT2D eigenvalue weighted by molar-refractivity contribution is 0.0138. The van der Waals surface area contributed by atoms with Crippen LogP contribution < -0.4 is 20.5 Å². The maximum absolute atomic E-state index is 13.2. The highest BCUT2D eigenvalue weighted by Gasteiger charge is 2.40. The molecule has 0 aromatic heterocycles. The smallest absolute Gasteiger partial charge is 0.252 e. The summed E-state index contributed by atoms with van der Waals surface area (Å²) in [6.07, 6.45) is 13.0. The number of nitrogens with two attached hydrogens (primary N) is 1. The summed E-state index contributed by atoms with van der Waals surface area (Å²) in [6.45, 7) is 19.8. The number of carbonyl (C=O) groups is 2. The number of halogens is 1. The van der Waals surface area contributed by atoms with Crippen molar-refractivity contribution >= 4 is 22.8 Å². The van der Waals surface area contributed by atoms with E-state index in [0.29, 0.717) is 24.3 Å². The van der Waals surface area contributed by atoms with Gasteiger partial charge in [0.1, 0.15) is 24.7 Å². The highest BCUT2D eigenvalue weighted by molar-refractivity contribution is 6.67. The fourth-order valence-corrected chi connectivity index (χ4v) is 10.8. The van der Waals surface area contributed by atoms with Gasteiger partial charge < -0.3 is 30.3 Å². The first kappa shape index (κ1) is 52.1. The first-order chi connectivity index (χ1) is 32.3. The Morgan fingerprint density at radius 1 is 0.567 bits per heavy atom. The van der Waals surface area contributed by atoms with Gasteiger partial charge in [0.05, 0.1) is 0 Å². The molecular formula is C56H79ClN6O4. The Morgan fingerprint density at radius 2 is 0.940 bits per heavy atom. The number of likely N-dealkylation sites (N-methyl/N-ethyl adjacent to an activating group) is 2. The van der Waals surface area contributed by atoms with Gasteiger partial charge in [-0.3, -0.25) is 19.4 Å². The van der Waals surface area contributed by atoms with E-state index in [4.69, 9.17) is 26.8 Å². The van der Waals surface area contributed by atoms with Gasteiger partial charge in [-0.25, -0.2) is 0 Å². The van der Waals surface area contributed by atoms with Crippen LogP contribution >= 0.6 is 11.6 Å². The zero-order valence-corrected chi connectivity index (χ0v) is 42.3. The predicted molar refractivity (Wildman–Crippen MR) is 275 cm³/mol. The van der Waals surface area contributed by atoms with Gasteiger partial charge in [0, 0.05) is 87.7 Å². The fourth-order valence-electron chi connectivity index (χ4n) is 10.6. The summed E-state index contributed by atoms with van der Waals surface area (Å²) in [4.78, 5) is 34.5. The molecule has 4 fully saturated rings. The van der Waals surface area contributed by atoms with Gasteiger partial charge in [-0.2, -0.15) is 0 Å². The SMILES string of the molecule is CN1CCN(C2(CN)CCCCC2)CC1.Cc1cc(C(=O)Cl)cc(C)c1OCc1ccccc1.Cc1cc(C(=O)NCC2(N3CCN(C)CC3)CCCCC2)cc(C)c1OCc1ccccc1. The lowest BCUT2D eigenvalue weighted by Crippen LogP contribution is -2.61. The van der Waals surface area contributed by atoms with E-state index >= 15 is 0 Å². The van der Waals surface area contributed by atoms with Gasteiger partial charge in [0.25, 0.3) is 11.1 Å². The quantitative estimate of drug-likeness (QED) is 0.127. The van der Waals surface area contributed by atoms with Crippen molar-refractivity contribution in [2.45, 2.75) is 116 Å². The number of rotatable bonds is 13. The fraction of sp³-hybridized carbons (Fsp3) is 0.536. The number of hydrogen-bond acceptors (Lipinski definition) is 9. The first-order valence-corrected chi connectivity index (χ1v) is 25.3. The molecule has 0 bridgehead atoms. The van der Waals surface area contributed by atoms with Gasteiger partial charge in [-0.1, -0.05) is 99.2 Å². The highest BCUT2D eigenvalue weighted by atomic mass is 35.5. The number of hydrogen-bond donors (Lipinski definition) is 2. The molecule has 4 aromatic rings. The lowest BCUT2D eigenvalue weighted by Gasteiger charge is -2.49. The molecule has 0 unspecified atom stereocenters. The number of aryl methyl sites for hydroxylation is 4. The molecule has 364 valence electrons. The Hall–Kier alpha value is -4.29. The van der Waals surface area contributed by atoms with Crippen molar-refractivity contribution in [1.82, 2.24) is 24.9 Å². The molecular weight excluding hydrogens is 856 g/mol. The van der Waals surface area contributed by atoms with E-state index in [1.807, 2.05) is 88.4 Å². The monoisotopic (exact) mass is 935 g/mol. The number of carbonyl (C=O) groups excluding carboxylic acids is 2. The molecule has 2 saturated heterocycles. The third-order valence-electron chi connectivity index (χ3n) is 14.7. The summed E-state index contributed by atoms with van der Waals surface area (Å²) < 4.78 is 11.9. The molecule has 10 nitrogen and oxygen atoms in total. The van der Waals surface area contributed by atoms with Crippen molar-refractivity contribution in [3.05, 3.63) is 129 Å². The van der Waals surface area contributed by atoms with Crippen LogP contribution in [0.25, 0.3) is 0 Å². The zero-order valence-electron chi connectivity index (χ0n) is 41.5. The zero-order chi connectivity index (χ0) is 47.8. The topological polar surface area (TPSA) is 104 Å². The summed E-state index contributed by atoms with van der Waals surface area (Å²) >= 11 is 5.49. The van der Waals surface area contributed by atoms with Crippen molar-refractivity contribution in [3.8, 4) is 11.5 Å². The third-order valence-corrected chi connectivity index (χ3v) is 15.0. The molecule has 11 heteroatoms. The number of nitrogens with one attached hydrogen (secondary N) is 1. The Morgan fingerprint density at radius 3 is 1.33 bits per heavy atom. The highest BCUT2D eigenvalue weighted by Crippen LogP contribution is 2.35. The van der Waals surface area contributed by atoms with Gasteiger partial charge in [0.2, 0.25) is 0 Å². The average Bonchev–Trinajstić information content (AvgIpc) is 3.34. The van der Waals surface area contributed by atoms with Gasteiger partial charge in [-0.15, -0.1) is 0 Å². The van der Waals surface area contributed by atoms with Crippen LogP contribution in [0.1, 0.15) is 118 Å². The normalized spacial score (nSPS) is 18.9. The van der Waals surface area contributed by atoms with Crippen molar-refractivity contribution in [2.75, 3.05) is 79.5 Å². The summed E-state index contributed by atoms with van der Waals surface area (Å²) in [5, 5.41) is 2.87. The first-order valence-electron chi connectivity index (χ1n) is 24.9. The van der Waals surface area contributed by atoms with Crippen LogP contribution in [0.3, 0.4) is 0 Å². The van der Waals surface area contributed by atoms with E-state index in [1.54, 1.807) is 12.1 Å². The number of benzene rings is 4. The second-order valence-corrected chi connectivity index (χ2v) is 20.1. The summed E-state index contributed by atoms with van der Waals surface area (Å²) in [5.41, 5.74) is 13.8. The Kier molecular flexibility index (Phi) is 19.7. The predicted octanol–water partition coefficient (Wildman–Crippen LogP) is 9.72. The third kappa shape index (κ3) is 14.6. The molecule has 2 saturated carbocycles.